The number of rotatable bonds is 1. The van der Waals surface area contributed by atoms with Crippen LogP contribution >= 0.6 is 11.6 Å². The number of aliphatic hydroxyl groups is 1. The summed E-state index contributed by atoms with van der Waals surface area (Å²) in [6.07, 6.45) is 3.95. The maximum atomic E-state index is 10.1. The smallest absolute Gasteiger partial charge is 0.148 e. The SMILES string of the molecule is CC1(O)CCCN(c2nccc(C#N)c2Cl)CC1. The topological polar surface area (TPSA) is 60.1 Å². The molecule has 0 saturated carbocycles. The number of aromatic nitrogens is 1. The molecule has 1 aliphatic rings. The van der Waals surface area contributed by atoms with E-state index in [0.29, 0.717) is 29.4 Å². The van der Waals surface area contributed by atoms with Crippen molar-refractivity contribution in [2.24, 2.45) is 0 Å². The van der Waals surface area contributed by atoms with E-state index in [-0.39, 0.29) is 0 Å². The molecule has 4 nitrogen and oxygen atoms in total. The molecule has 0 amide bonds. The maximum absolute atomic E-state index is 10.1. The van der Waals surface area contributed by atoms with Gasteiger partial charge in [-0.15, -0.1) is 0 Å². The second-order valence-electron chi connectivity index (χ2n) is 4.95. The third kappa shape index (κ3) is 2.74. The Morgan fingerprint density at radius 3 is 3.00 bits per heavy atom. The van der Waals surface area contributed by atoms with Gasteiger partial charge in [-0.3, -0.25) is 0 Å². The number of hydrogen-bond donors (Lipinski definition) is 1. The fraction of sp³-hybridized carbons (Fsp3) is 0.538. The van der Waals surface area contributed by atoms with Crippen LogP contribution in [0.4, 0.5) is 5.82 Å². The van der Waals surface area contributed by atoms with Crippen molar-refractivity contribution in [3.63, 3.8) is 0 Å². The first-order valence-electron chi connectivity index (χ1n) is 6.05. The predicted octanol–water partition coefficient (Wildman–Crippen LogP) is 2.35. The number of pyridine rings is 1. The van der Waals surface area contributed by atoms with Gasteiger partial charge in [0.25, 0.3) is 0 Å². The van der Waals surface area contributed by atoms with Gasteiger partial charge in [-0.05, 0) is 32.3 Å². The van der Waals surface area contributed by atoms with Crippen LogP contribution in [-0.2, 0) is 0 Å². The van der Waals surface area contributed by atoms with Crippen LogP contribution in [-0.4, -0.2) is 28.8 Å². The van der Waals surface area contributed by atoms with Crippen LogP contribution in [0.3, 0.4) is 0 Å². The molecule has 1 aromatic rings. The summed E-state index contributed by atoms with van der Waals surface area (Å²) >= 11 is 6.18. The van der Waals surface area contributed by atoms with Crippen molar-refractivity contribution in [3.05, 3.63) is 22.8 Å². The molecular weight excluding hydrogens is 250 g/mol. The standard InChI is InChI=1S/C13H16ClN3O/c1-13(18)4-2-7-17(8-5-13)12-11(14)10(9-15)3-6-16-12/h3,6,18H,2,4-5,7-8H2,1H3. The Kier molecular flexibility index (Phi) is 3.74. The Morgan fingerprint density at radius 2 is 2.28 bits per heavy atom. The lowest BCUT2D eigenvalue weighted by atomic mass is 9.98. The van der Waals surface area contributed by atoms with Crippen molar-refractivity contribution in [1.29, 1.82) is 5.26 Å². The molecule has 1 aromatic heterocycles. The van der Waals surface area contributed by atoms with Crippen LogP contribution in [0.2, 0.25) is 5.02 Å². The normalized spacial score (nSPS) is 24.4. The number of anilines is 1. The van der Waals surface area contributed by atoms with E-state index in [9.17, 15) is 5.11 Å². The maximum Gasteiger partial charge on any atom is 0.148 e. The largest absolute Gasteiger partial charge is 0.390 e. The third-order valence-electron chi connectivity index (χ3n) is 3.35. The van der Waals surface area contributed by atoms with Gasteiger partial charge in [-0.2, -0.15) is 5.26 Å². The van der Waals surface area contributed by atoms with Gasteiger partial charge >= 0.3 is 0 Å². The summed E-state index contributed by atoms with van der Waals surface area (Å²) in [6, 6.07) is 3.67. The Morgan fingerprint density at radius 1 is 1.50 bits per heavy atom. The highest BCUT2D eigenvalue weighted by atomic mass is 35.5. The van der Waals surface area contributed by atoms with Crippen molar-refractivity contribution < 1.29 is 5.11 Å². The lowest BCUT2D eigenvalue weighted by Crippen LogP contribution is -2.29. The fourth-order valence-corrected chi connectivity index (χ4v) is 2.49. The minimum Gasteiger partial charge on any atom is -0.390 e. The molecule has 18 heavy (non-hydrogen) atoms. The van der Waals surface area contributed by atoms with Crippen LogP contribution in [0.15, 0.2) is 12.3 Å². The molecule has 1 atom stereocenters. The van der Waals surface area contributed by atoms with Crippen LogP contribution in [0.25, 0.3) is 0 Å². The summed E-state index contributed by atoms with van der Waals surface area (Å²) in [5, 5.41) is 19.4. The van der Waals surface area contributed by atoms with Crippen molar-refractivity contribution in [3.8, 4) is 6.07 Å². The van der Waals surface area contributed by atoms with Gasteiger partial charge in [0.1, 0.15) is 16.9 Å². The van der Waals surface area contributed by atoms with Gasteiger partial charge in [0.15, 0.2) is 0 Å². The van der Waals surface area contributed by atoms with Gasteiger partial charge in [0, 0.05) is 19.3 Å². The van der Waals surface area contributed by atoms with Crippen molar-refractivity contribution in [1.82, 2.24) is 4.98 Å². The van der Waals surface area contributed by atoms with Gasteiger partial charge in [-0.25, -0.2) is 4.98 Å². The zero-order chi connectivity index (χ0) is 13.2. The minimum absolute atomic E-state index is 0.404. The number of halogens is 1. The molecule has 1 aliphatic heterocycles. The zero-order valence-corrected chi connectivity index (χ0v) is 11.1. The summed E-state index contributed by atoms with van der Waals surface area (Å²) in [5.74, 6) is 0.647. The first-order valence-corrected chi connectivity index (χ1v) is 6.43. The monoisotopic (exact) mass is 265 g/mol. The predicted molar refractivity (Wildman–Crippen MR) is 70.6 cm³/mol. The molecule has 1 N–H and O–H groups in total. The highest BCUT2D eigenvalue weighted by Crippen LogP contribution is 2.30. The van der Waals surface area contributed by atoms with E-state index in [1.807, 2.05) is 11.8 Å². The lowest BCUT2D eigenvalue weighted by molar-refractivity contribution is 0.0481. The van der Waals surface area contributed by atoms with Crippen molar-refractivity contribution in [2.45, 2.75) is 31.8 Å². The van der Waals surface area contributed by atoms with E-state index < -0.39 is 5.60 Å². The van der Waals surface area contributed by atoms with Gasteiger partial charge in [-0.1, -0.05) is 11.6 Å². The average molecular weight is 266 g/mol. The Bertz CT molecular complexity index is 482. The molecule has 2 heterocycles. The van der Waals surface area contributed by atoms with Crippen LogP contribution in [0.1, 0.15) is 31.7 Å². The Balaban J connectivity index is 2.25. The molecule has 0 aromatic carbocycles. The van der Waals surface area contributed by atoms with Crippen molar-refractivity contribution >= 4 is 17.4 Å². The molecular formula is C13H16ClN3O. The zero-order valence-electron chi connectivity index (χ0n) is 10.4. The summed E-state index contributed by atoms with van der Waals surface area (Å²) < 4.78 is 0. The van der Waals surface area contributed by atoms with Crippen molar-refractivity contribution in [2.75, 3.05) is 18.0 Å². The molecule has 0 bridgehead atoms. The summed E-state index contributed by atoms with van der Waals surface area (Å²) in [4.78, 5) is 6.31. The highest BCUT2D eigenvalue weighted by Gasteiger charge is 2.26. The van der Waals surface area contributed by atoms with E-state index in [4.69, 9.17) is 16.9 Å². The third-order valence-corrected chi connectivity index (χ3v) is 3.73. The molecule has 2 rings (SSSR count). The molecule has 0 aliphatic carbocycles. The summed E-state index contributed by atoms with van der Waals surface area (Å²) in [7, 11) is 0. The number of nitrogens with zero attached hydrogens (tertiary/aromatic N) is 3. The van der Waals surface area contributed by atoms with Crippen LogP contribution in [0, 0.1) is 11.3 Å². The second-order valence-corrected chi connectivity index (χ2v) is 5.32. The Labute approximate surface area is 112 Å². The summed E-state index contributed by atoms with van der Waals surface area (Å²) in [6.45, 7) is 3.36. The molecule has 1 unspecified atom stereocenters. The van der Waals surface area contributed by atoms with E-state index in [2.05, 4.69) is 11.1 Å². The number of nitriles is 1. The average Bonchev–Trinajstić information content (AvgIpc) is 2.51. The quantitative estimate of drug-likeness (QED) is 0.847. The molecule has 0 spiro atoms. The van der Waals surface area contributed by atoms with E-state index in [1.54, 1.807) is 12.3 Å². The van der Waals surface area contributed by atoms with E-state index in [0.717, 1.165) is 19.4 Å². The van der Waals surface area contributed by atoms with E-state index >= 15 is 0 Å². The Hall–Kier alpha value is -1.31. The first-order chi connectivity index (χ1) is 8.53. The molecule has 1 fully saturated rings. The van der Waals surface area contributed by atoms with E-state index in [1.165, 1.54) is 0 Å². The lowest BCUT2D eigenvalue weighted by Gasteiger charge is -2.24. The fourth-order valence-electron chi connectivity index (χ4n) is 2.21. The van der Waals surface area contributed by atoms with Gasteiger partial charge in [0.2, 0.25) is 0 Å². The van der Waals surface area contributed by atoms with Crippen LogP contribution < -0.4 is 4.90 Å². The molecule has 1 saturated heterocycles. The van der Waals surface area contributed by atoms with Crippen LogP contribution in [0.5, 0.6) is 0 Å². The van der Waals surface area contributed by atoms with Gasteiger partial charge in [0.05, 0.1) is 11.2 Å². The molecule has 0 radical (unpaired) electrons. The first kappa shape index (κ1) is 13.1. The number of hydrogen-bond acceptors (Lipinski definition) is 4. The highest BCUT2D eigenvalue weighted by molar-refractivity contribution is 6.34. The van der Waals surface area contributed by atoms with Gasteiger partial charge < -0.3 is 10.0 Å². The molecule has 5 heteroatoms. The second kappa shape index (κ2) is 5.13. The summed E-state index contributed by atoms with van der Waals surface area (Å²) in [5.41, 5.74) is -0.175. The minimum atomic E-state index is -0.617. The molecule has 96 valence electrons.